The number of benzene rings is 1. The lowest BCUT2D eigenvalue weighted by Gasteiger charge is -2.18. The molecule has 18 heavy (non-hydrogen) atoms. The van der Waals surface area contributed by atoms with Crippen LogP contribution in [0.5, 0.6) is 0 Å². The van der Waals surface area contributed by atoms with Crippen LogP contribution in [0.2, 0.25) is 0 Å². The van der Waals surface area contributed by atoms with Crippen LogP contribution in [0.15, 0.2) is 43.0 Å². The Hall–Kier alpha value is -1.61. The zero-order valence-corrected chi connectivity index (χ0v) is 10.7. The van der Waals surface area contributed by atoms with Gasteiger partial charge in [0.05, 0.1) is 12.7 Å². The van der Waals surface area contributed by atoms with Gasteiger partial charge in [-0.25, -0.2) is 0 Å². The van der Waals surface area contributed by atoms with Crippen LogP contribution >= 0.6 is 0 Å². The summed E-state index contributed by atoms with van der Waals surface area (Å²) in [5.41, 5.74) is 1.14. The predicted molar refractivity (Wildman–Crippen MR) is 71.1 cm³/mol. The summed E-state index contributed by atoms with van der Waals surface area (Å²) in [7, 11) is 0. The standard InChI is InChI=1S/C15H20O3/c1-3-13(15(17)18-4-2)14(16)11-10-12-8-6-5-7-9-12/h3,5-9,13-14,16H,1,4,10-11H2,2H3. The fourth-order valence-electron chi connectivity index (χ4n) is 1.79. The summed E-state index contributed by atoms with van der Waals surface area (Å²) in [4.78, 5) is 11.6. The Morgan fingerprint density at radius 3 is 2.67 bits per heavy atom. The molecule has 1 rings (SSSR count). The van der Waals surface area contributed by atoms with Crippen LogP contribution in [-0.4, -0.2) is 23.8 Å². The van der Waals surface area contributed by atoms with Crippen molar-refractivity contribution in [3.8, 4) is 0 Å². The first-order chi connectivity index (χ1) is 8.69. The molecule has 0 aliphatic rings. The molecule has 0 heterocycles. The Labute approximate surface area is 108 Å². The van der Waals surface area contributed by atoms with E-state index in [0.29, 0.717) is 13.0 Å². The van der Waals surface area contributed by atoms with Crippen molar-refractivity contribution >= 4 is 5.97 Å². The first-order valence-corrected chi connectivity index (χ1v) is 6.20. The van der Waals surface area contributed by atoms with Crippen LogP contribution in [-0.2, 0) is 16.0 Å². The van der Waals surface area contributed by atoms with Crippen LogP contribution in [0, 0.1) is 5.92 Å². The molecule has 2 atom stereocenters. The number of aliphatic hydroxyl groups excluding tert-OH is 1. The molecule has 0 amide bonds. The van der Waals surface area contributed by atoms with Gasteiger partial charge in [-0.15, -0.1) is 6.58 Å². The van der Waals surface area contributed by atoms with Crippen molar-refractivity contribution in [1.82, 2.24) is 0 Å². The van der Waals surface area contributed by atoms with Crippen molar-refractivity contribution in [3.05, 3.63) is 48.6 Å². The second-order valence-corrected chi connectivity index (χ2v) is 4.11. The average Bonchev–Trinajstić information content (AvgIpc) is 2.39. The molecule has 3 nitrogen and oxygen atoms in total. The molecule has 0 spiro atoms. The summed E-state index contributed by atoms with van der Waals surface area (Å²) >= 11 is 0. The molecular formula is C15H20O3. The Balaban J connectivity index is 2.50. The number of rotatable bonds is 7. The number of aliphatic hydroxyl groups is 1. The Morgan fingerprint density at radius 2 is 2.11 bits per heavy atom. The van der Waals surface area contributed by atoms with E-state index in [-0.39, 0.29) is 0 Å². The first-order valence-electron chi connectivity index (χ1n) is 6.20. The average molecular weight is 248 g/mol. The van der Waals surface area contributed by atoms with Crippen molar-refractivity contribution in [3.63, 3.8) is 0 Å². The number of aryl methyl sites for hydroxylation is 1. The third kappa shape index (κ3) is 4.34. The van der Waals surface area contributed by atoms with Gasteiger partial charge in [-0.05, 0) is 25.3 Å². The van der Waals surface area contributed by atoms with Crippen molar-refractivity contribution in [2.24, 2.45) is 5.92 Å². The van der Waals surface area contributed by atoms with Gasteiger partial charge in [-0.3, -0.25) is 4.79 Å². The SMILES string of the molecule is C=CC(C(=O)OCC)C(O)CCc1ccccc1. The summed E-state index contributed by atoms with van der Waals surface area (Å²) < 4.78 is 4.90. The minimum atomic E-state index is -0.748. The fourth-order valence-corrected chi connectivity index (χ4v) is 1.79. The second-order valence-electron chi connectivity index (χ2n) is 4.11. The summed E-state index contributed by atoms with van der Waals surface area (Å²) in [5, 5.41) is 10.00. The lowest BCUT2D eigenvalue weighted by Crippen LogP contribution is -2.28. The lowest BCUT2D eigenvalue weighted by atomic mass is 9.96. The van der Waals surface area contributed by atoms with Crippen molar-refractivity contribution in [2.75, 3.05) is 6.61 Å². The monoisotopic (exact) mass is 248 g/mol. The Bertz CT molecular complexity index is 373. The quantitative estimate of drug-likeness (QED) is 0.595. The van der Waals surface area contributed by atoms with E-state index in [1.807, 2.05) is 30.3 Å². The molecule has 98 valence electrons. The minimum Gasteiger partial charge on any atom is -0.465 e. The number of carbonyl (C=O) groups excluding carboxylic acids is 1. The van der Waals surface area contributed by atoms with Gasteiger partial charge in [0.15, 0.2) is 0 Å². The van der Waals surface area contributed by atoms with Crippen LogP contribution in [0.25, 0.3) is 0 Å². The number of hydrogen-bond donors (Lipinski definition) is 1. The van der Waals surface area contributed by atoms with Crippen LogP contribution in [0.3, 0.4) is 0 Å². The van der Waals surface area contributed by atoms with E-state index in [1.165, 1.54) is 6.08 Å². The number of carbonyl (C=O) groups is 1. The maximum Gasteiger partial charge on any atom is 0.315 e. The van der Waals surface area contributed by atoms with E-state index in [1.54, 1.807) is 6.92 Å². The van der Waals surface area contributed by atoms with E-state index in [9.17, 15) is 9.90 Å². The van der Waals surface area contributed by atoms with Gasteiger partial charge in [0.25, 0.3) is 0 Å². The highest BCUT2D eigenvalue weighted by Gasteiger charge is 2.24. The smallest absolute Gasteiger partial charge is 0.315 e. The third-order valence-corrected chi connectivity index (χ3v) is 2.80. The molecule has 0 fully saturated rings. The zero-order valence-electron chi connectivity index (χ0n) is 10.7. The second kappa shape index (κ2) is 7.67. The molecule has 0 saturated carbocycles. The minimum absolute atomic E-state index is 0.314. The van der Waals surface area contributed by atoms with E-state index in [2.05, 4.69) is 6.58 Å². The van der Waals surface area contributed by atoms with Gasteiger partial charge in [-0.1, -0.05) is 36.4 Å². The molecule has 0 saturated heterocycles. The zero-order chi connectivity index (χ0) is 13.4. The predicted octanol–water partition coefficient (Wildman–Crippen LogP) is 2.35. The van der Waals surface area contributed by atoms with E-state index >= 15 is 0 Å². The largest absolute Gasteiger partial charge is 0.465 e. The normalized spacial score (nSPS) is 13.7. The van der Waals surface area contributed by atoms with Crippen molar-refractivity contribution < 1.29 is 14.6 Å². The van der Waals surface area contributed by atoms with Crippen LogP contribution in [0.1, 0.15) is 18.9 Å². The van der Waals surface area contributed by atoms with E-state index < -0.39 is 18.0 Å². The van der Waals surface area contributed by atoms with Crippen LogP contribution in [0.4, 0.5) is 0 Å². The third-order valence-electron chi connectivity index (χ3n) is 2.80. The van der Waals surface area contributed by atoms with Crippen LogP contribution < -0.4 is 0 Å². The van der Waals surface area contributed by atoms with Gasteiger partial charge in [0.2, 0.25) is 0 Å². The highest BCUT2D eigenvalue weighted by atomic mass is 16.5. The molecule has 0 aromatic heterocycles. The number of esters is 1. The molecule has 0 radical (unpaired) electrons. The van der Waals surface area contributed by atoms with E-state index in [0.717, 1.165) is 12.0 Å². The van der Waals surface area contributed by atoms with Crippen molar-refractivity contribution in [1.29, 1.82) is 0 Å². The van der Waals surface area contributed by atoms with Crippen molar-refractivity contribution in [2.45, 2.75) is 25.9 Å². The van der Waals surface area contributed by atoms with Gasteiger partial charge < -0.3 is 9.84 Å². The molecular weight excluding hydrogens is 228 g/mol. The maximum absolute atomic E-state index is 11.6. The lowest BCUT2D eigenvalue weighted by molar-refractivity contribution is -0.149. The first kappa shape index (κ1) is 14.5. The van der Waals surface area contributed by atoms with Gasteiger partial charge >= 0.3 is 5.97 Å². The molecule has 1 N–H and O–H groups in total. The fraction of sp³-hybridized carbons (Fsp3) is 0.400. The summed E-state index contributed by atoms with van der Waals surface area (Å²) in [6, 6.07) is 9.86. The number of hydrogen-bond acceptors (Lipinski definition) is 3. The topological polar surface area (TPSA) is 46.5 Å². The maximum atomic E-state index is 11.6. The highest BCUT2D eigenvalue weighted by molar-refractivity contribution is 5.75. The van der Waals surface area contributed by atoms with E-state index in [4.69, 9.17) is 4.74 Å². The highest BCUT2D eigenvalue weighted by Crippen LogP contribution is 2.14. The molecule has 1 aromatic carbocycles. The molecule has 3 heteroatoms. The van der Waals surface area contributed by atoms with Gasteiger partial charge in [0, 0.05) is 0 Å². The summed E-state index contributed by atoms with van der Waals surface area (Å²) in [6.45, 7) is 5.64. The molecule has 1 aromatic rings. The Kier molecular flexibility index (Phi) is 6.15. The Morgan fingerprint density at radius 1 is 1.44 bits per heavy atom. The molecule has 2 unspecified atom stereocenters. The molecule has 0 aliphatic carbocycles. The number of ether oxygens (including phenoxy) is 1. The summed E-state index contributed by atoms with van der Waals surface area (Å²) in [5.74, 6) is -1.05. The van der Waals surface area contributed by atoms with Gasteiger partial charge in [0.1, 0.15) is 5.92 Å². The molecule has 0 bridgehead atoms. The van der Waals surface area contributed by atoms with Gasteiger partial charge in [-0.2, -0.15) is 0 Å². The summed E-state index contributed by atoms with van der Waals surface area (Å²) in [6.07, 6.45) is 1.94. The molecule has 0 aliphatic heterocycles.